The molecule has 128 valence electrons. The zero-order valence-corrected chi connectivity index (χ0v) is 13.8. The number of carboxylic acid groups (broad SMARTS) is 1. The van der Waals surface area contributed by atoms with Crippen LogP contribution >= 0.6 is 0 Å². The largest absolute Gasteiger partial charge is 0.478 e. The first-order chi connectivity index (χ1) is 10.2. The number of rotatable bonds is 10. The van der Waals surface area contributed by atoms with E-state index in [1.807, 2.05) is 0 Å². The Balaban J connectivity index is 4.19. The lowest BCUT2D eigenvalue weighted by molar-refractivity contribution is -0.148. The van der Waals surface area contributed by atoms with E-state index in [1.54, 1.807) is 20.8 Å². The van der Waals surface area contributed by atoms with Gasteiger partial charge in [-0.15, -0.1) is 0 Å². The molecule has 3 unspecified atom stereocenters. The van der Waals surface area contributed by atoms with Gasteiger partial charge in [0.15, 0.2) is 0 Å². The number of carbonyl (C=O) groups is 2. The summed E-state index contributed by atoms with van der Waals surface area (Å²) in [6.45, 7) is 8.40. The maximum atomic E-state index is 11.7. The average Bonchev–Trinajstić information content (AvgIpc) is 2.48. The van der Waals surface area contributed by atoms with E-state index in [1.165, 1.54) is 13.8 Å². The van der Waals surface area contributed by atoms with Crippen LogP contribution in [0.1, 0.15) is 34.6 Å². The van der Waals surface area contributed by atoms with Crippen molar-refractivity contribution in [3.8, 4) is 0 Å². The highest BCUT2D eigenvalue weighted by molar-refractivity contribution is 5.98. The number of carbonyl (C=O) groups excluding carboxylic acids is 1. The second kappa shape index (κ2) is 10.3. The molecule has 7 heteroatoms. The molecule has 0 aromatic heterocycles. The standard InChI is InChI=1S/C15H26O7/c1-9(6-16)20-7-10(2)21-8-11(3)22-15(19)13(5)12(4)14(17)18/h9-11,16H,6-8H2,1-5H3,(H,17,18)/b13-12-. The van der Waals surface area contributed by atoms with Gasteiger partial charge in [-0.2, -0.15) is 0 Å². The molecule has 0 fully saturated rings. The summed E-state index contributed by atoms with van der Waals surface area (Å²) in [7, 11) is 0. The van der Waals surface area contributed by atoms with Crippen LogP contribution in [-0.4, -0.2) is 60.3 Å². The fourth-order valence-electron chi connectivity index (χ4n) is 1.32. The van der Waals surface area contributed by atoms with E-state index in [2.05, 4.69) is 0 Å². The summed E-state index contributed by atoms with van der Waals surface area (Å²) in [5, 5.41) is 17.6. The molecule has 0 aliphatic carbocycles. The number of aliphatic hydroxyl groups excluding tert-OH is 1. The summed E-state index contributed by atoms with van der Waals surface area (Å²) < 4.78 is 15.9. The molecule has 22 heavy (non-hydrogen) atoms. The maximum Gasteiger partial charge on any atom is 0.334 e. The highest BCUT2D eigenvalue weighted by Crippen LogP contribution is 2.08. The van der Waals surface area contributed by atoms with E-state index >= 15 is 0 Å². The van der Waals surface area contributed by atoms with E-state index in [0.29, 0.717) is 6.61 Å². The normalized spacial score (nSPS) is 16.5. The van der Waals surface area contributed by atoms with E-state index < -0.39 is 18.0 Å². The number of hydrogen-bond donors (Lipinski definition) is 2. The van der Waals surface area contributed by atoms with E-state index in [4.69, 9.17) is 24.4 Å². The lowest BCUT2D eigenvalue weighted by Crippen LogP contribution is -2.27. The monoisotopic (exact) mass is 318 g/mol. The highest BCUT2D eigenvalue weighted by Gasteiger charge is 2.17. The summed E-state index contributed by atoms with van der Waals surface area (Å²) in [5.74, 6) is -1.82. The molecule has 0 heterocycles. The molecule has 0 rings (SSSR count). The summed E-state index contributed by atoms with van der Waals surface area (Å²) in [4.78, 5) is 22.5. The minimum atomic E-state index is -1.15. The van der Waals surface area contributed by atoms with Crippen LogP contribution in [0.4, 0.5) is 0 Å². The zero-order chi connectivity index (χ0) is 17.3. The van der Waals surface area contributed by atoms with Crippen molar-refractivity contribution < 1.29 is 34.0 Å². The number of carboxylic acids is 1. The summed E-state index contributed by atoms with van der Waals surface area (Å²) >= 11 is 0. The van der Waals surface area contributed by atoms with Gasteiger partial charge in [0.2, 0.25) is 0 Å². The second-order valence-corrected chi connectivity index (χ2v) is 5.24. The Morgan fingerprint density at radius 3 is 1.91 bits per heavy atom. The van der Waals surface area contributed by atoms with Crippen molar-refractivity contribution in [3.63, 3.8) is 0 Å². The van der Waals surface area contributed by atoms with Gasteiger partial charge >= 0.3 is 11.9 Å². The zero-order valence-electron chi connectivity index (χ0n) is 13.8. The lowest BCUT2D eigenvalue weighted by Gasteiger charge is -2.19. The molecule has 0 aromatic carbocycles. The second-order valence-electron chi connectivity index (χ2n) is 5.24. The Morgan fingerprint density at radius 2 is 1.41 bits per heavy atom. The molecule has 0 radical (unpaired) electrons. The van der Waals surface area contributed by atoms with Crippen molar-refractivity contribution in [2.75, 3.05) is 19.8 Å². The van der Waals surface area contributed by atoms with Crippen molar-refractivity contribution in [2.24, 2.45) is 0 Å². The van der Waals surface area contributed by atoms with Gasteiger partial charge in [0, 0.05) is 11.1 Å². The van der Waals surface area contributed by atoms with Crippen LogP contribution in [0.2, 0.25) is 0 Å². The van der Waals surface area contributed by atoms with Crippen molar-refractivity contribution in [1.29, 1.82) is 0 Å². The molecule has 0 bridgehead atoms. The number of esters is 1. The molecule has 0 saturated heterocycles. The van der Waals surface area contributed by atoms with Crippen LogP contribution in [0, 0.1) is 0 Å². The van der Waals surface area contributed by atoms with Crippen LogP contribution in [0.3, 0.4) is 0 Å². The Hall–Kier alpha value is -1.44. The van der Waals surface area contributed by atoms with Gasteiger partial charge < -0.3 is 24.4 Å². The van der Waals surface area contributed by atoms with Crippen molar-refractivity contribution in [2.45, 2.75) is 52.9 Å². The predicted octanol–water partition coefficient (Wildman–Crippen LogP) is 1.14. The predicted molar refractivity (Wildman–Crippen MR) is 79.5 cm³/mol. The first-order valence-electron chi connectivity index (χ1n) is 7.14. The summed E-state index contributed by atoms with van der Waals surface area (Å²) in [5.41, 5.74) is 0.0189. The number of aliphatic hydroxyl groups is 1. The molecular weight excluding hydrogens is 292 g/mol. The highest BCUT2D eigenvalue weighted by atomic mass is 16.6. The molecule has 7 nitrogen and oxygen atoms in total. The SMILES string of the molecule is C/C(C(=O)O)=C(\C)C(=O)OC(C)COC(C)COC(C)CO. The third kappa shape index (κ3) is 8.11. The number of aliphatic carboxylic acids is 1. The summed E-state index contributed by atoms with van der Waals surface area (Å²) in [6, 6.07) is 0. The van der Waals surface area contributed by atoms with Crippen LogP contribution in [0.15, 0.2) is 11.1 Å². The molecule has 3 atom stereocenters. The fraction of sp³-hybridized carbons (Fsp3) is 0.733. The van der Waals surface area contributed by atoms with Crippen molar-refractivity contribution >= 4 is 11.9 Å². The minimum absolute atomic E-state index is 0.0436. The summed E-state index contributed by atoms with van der Waals surface area (Å²) in [6.07, 6.45) is -0.984. The van der Waals surface area contributed by atoms with Crippen molar-refractivity contribution in [1.82, 2.24) is 0 Å². The van der Waals surface area contributed by atoms with E-state index in [0.717, 1.165) is 0 Å². The quantitative estimate of drug-likeness (QED) is 0.460. The van der Waals surface area contributed by atoms with Gasteiger partial charge in [-0.05, 0) is 34.6 Å². The van der Waals surface area contributed by atoms with Crippen LogP contribution < -0.4 is 0 Å². The van der Waals surface area contributed by atoms with E-state index in [-0.39, 0.29) is 36.6 Å². The Morgan fingerprint density at radius 1 is 0.909 bits per heavy atom. The topological polar surface area (TPSA) is 102 Å². The Kier molecular flexibility index (Phi) is 9.64. The van der Waals surface area contributed by atoms with Gasteiger partial charge in [0.1, 0.15) is 6.10 Å². The van der Waals surface area contributed by atoms with Crippen LogP contribution in [-0.2, 0) is 23.8 Å². The van der Waals surface area contributed by atoms with Gasteiger partial charge in [-0.1, -0.05) is 0 Å². The Bertz CT molecular complexity index is 403. The number of ether oxygens (including phenoxy) is 3. The third-order valence-corrected chi connectivity index (χ3v) is 2.99. The molecule has 0 saturated carbocycles. The molecule has 0 aliphatic heterocycles. The molecule has 0 amide bonds. The number of hydrogen-bond acceptors (Lipinski definition) is 6. The van der Waals surface area contributed by atoms with Gasteiger partial charge in [-0.25, -0.2) is 9.59 Å². The maximum absolute atomic E-state index is 11.7. The Labute approximate surface area is 130 Å². The van der Waals surface area contributed by atoms with Crippen molar-refractivity contribution in [3.05, 3.63) is 11.1 Å². The molecule has 2 N–H and O–H groups in total. The van der Waals surface area contributed by atoms with Gasteiger partial charge in [-0.3, -0.25) is 0 Å². The smallest absolute Gasteiger partial charge is 0.334 e. The van der Waals surface area contributed by atoms with Crippen LogP contribution in [0.5, 0.6) is 0 Å². The van der Waals surface area contributed by atoms with Gasteiger partial charge in [0.25, 0.3) is 0 Å². The minimum Gasteiger partial charge on any atom is -0.478 e. The molecular formula is C15H26O7. The fourth-order valence-corrected chi connectivity index (χ4v) is 1.32. The lowest BCUT2D eigenvalue weighted by atomic mass is 10.1. The van der Waals surface area contributed by atoms with Crippen LogP contribution in [0.25, 0.3) is 0 Å². The molecule has 0 aromatic rings. The molecule has 0 aliphatic rings. The van der Waals surface area contributed by atoms with E-state index in [9.17, 15) is 9.59 Å². The first kappa shape index (κ1) is 20.6. The third-order valence-electron chi connectivity index (χ3n) is 2.99. The molecule has 0 spiro atoms. The first-order valence-corrected chi connectivity index (χ1v) is 7.14. The average molecular weight is 318 g/mol. The van der Waals surface area contributed by atoms with Gasteiger partial charge in [0.05, 0.1) is 32.0 Å².